The average molecular weight is 389 g/mol. The number of methoxy groups -OCH3 is 1. The van der Waals surface area contributed by atoms with Gasteiger partial charge in [-0.05, 0) is 42.5 Å². The Morgan fingerprint density at radius 1 is 1.19 bits per heavy atom. The third-order valence-corrected chi connectivity index (χ3v) is 6.00. The summed E-state index contributed by atoms with van der Waals surface area (Å²) in [6.45, 7) is 5.54. The molecule has 0 saturated heterocycles. The van der Waals surface area contributed by atoms with Crippen LogP contribution in [0.3, 0.4) is 0 Å². The summed E-state index contributed by atoms with van der Waals surface area (Å²) in [6, 6.07) is 10.5. The van der Waals surface area contributed by atoms with E-state index in [1.54, 1.807) is 29.8 Å². The molecule has 0 aliphatic rings. The minimum atomic E-state index is 0.273. The van der Waals surface area contributed by atoms with E-state index < -0.39 is 0 Å². The second-order valence-corrected chi connectivity index (χ2v) is 7.94. The number of ether oxygens (including phenoxy) is 2. The summed E-state index contributed by atoms with van der Waals surface area (Å²) in [5, 5.41) is 8.89. The Morgan fingerprint density at radius 3 is 2.73 bits per heavy atom. The van der Waals surface area contributed by atoms with Crippen LogP contribution < -0.4 is 14.8 Å². The molecule has 2 heterocycles. The third kappa shape index (κ3) is 4.84. The van der Waals surface area contributed by atoms with E-state index in [0.29, 0.717) is 6.61 Å². The molecular weight excluding hydrogens is 364 g/mol. The van der Waals surface area contributed by atoms with Crippen molar-refractivity contribution >= 4 is 22.7 Å². The van der Waals surface area contributed by atoms with Crippen LogP contribution in [-0.2, 0) is 13.2 Å². The standard InChI is InChI=1S/C20H24N2O2S2/c1-4-17(20-22-14(2)13-26-20)21-11-15-7-8-18(19(10-15)23-3)24-12-16-6-5-9-25-16/h5-10,13,17,21H,4,11-12H2,1-3H3. The van der Waals surface area contributed by atoms with Gasteiger partial charge in [-0.25, -0.2) is 4.98 Å². The minimum Gasteiger partial charge on any atom is -0.493 e. The first-order chi connectivity index (χ1) is 12.7. The van der Waals surface area contributed by atoms with Crippen molar-refractivity contribution < 1.29 is 9.47 Å². The lowest BCUT2D eigenvalue weighted by Gasteiger charge is -2.16. The van der Waals surface area contributed by atoms with Crippen LogP contribution in [-0.4, -0.2) is 12.1 Å². The molecule has 0 saturated carbocycles. The zero-order valence-electron chi connectivity index (χ0n) is 15.3. The number of hydrogen-bond donors (Lipinski definition) is 1. The van der Waals surface area contributed by atoms with Crippen molar-refractivity contribution in [1.29, 1.82) is 0 Å². The SMILES string of the molecule is CCC(NCc1ccc(OCc2cccs2)c(OC)c1)c1nc(C)cs1. The second-order valence-electron chi connectivity index (χ2n) is 6.02. The fourth-order valence-corrected chi connectivity index (χ4v) is 4.24. The second kappa shape index (κ2) is 9.16. The van der Waals surface area contributed by atoms with Crippen LogP contribution in [0.15, 0.2) is 41.1 Å². The molecule has 1 N–H and O–H groups in total. The topological polar surface area (TPSA) is 43.4 Å². The maximum absolute atomic E-state index is 5.90. The Bertz CT molecular complexity index is 815. The van der Waals surface area contributed by atoms with E-state index in [9.17, 15) is 0 Å². The summed E-state index contributed by atoms with van der Waals surface area (Å²) < 4.78 is 11.4. The Balaban J connectivity index is 1.62. The molecule has 4 nitrogen and oxygen atoms in total. The lowest BCUT2D eigenvalue weighted by atomic mass is 10.1. The Hall–Kier alpha value is -1.89. The molecule has 6 heteroatoms. The molecule has 3 rings (SSSR count). The van der Waals surface area contributed by atoms with E-state index in [-0.39, 0.29) is 6.04 Å². The van der Waals surface area contributed by atoms with Gasteiger partial charge in [-0.2, -0.15) is 0 Å². The smallest absolute Gasteiger partial charge is 0.161 e. The van der Waals surface area contributed by atoms with Gasteiger partial charge >= 0.3 is 0 Å². The number of thiazole rings is 1. The van der Waals surface area contributed by atoms with Gasteiger partial charge in [-0.1, -0.05) is 19.1 Å². The van der Waals surface area contributed by atoms with Crippen molar-refractivity contribution in [3.8, 4) is 11.5 Å². The molecule has 0 aliphatic heterocycles. The van der Waals surface area contributed by atoms with Gasteiger partial charge in [-0.15, -0.1) is 22.7 Å². The van der Waals surface area contributed by atoms with Crippen LogP contribution in [0.5, 0.6) is 11.5 Å². The number of hydrogen-bond acceptors (Lipinski definition) is 6. The van der Waals surface area contributed by atoms with Gasteiger partial charge in [0.25, 0.3) is 0 Å². The largest absolute Gasteiger partial charge is 0.493 e. The number of aryl methyl sites for hydroxylation is 1. The normalized spacial score (nSPS) is 12.1. The van der Waals surface area contributed by atoms with Crippen molar-refractivity contribution in [3.05, 3.63) is 62.2 Å². The first-order valence-corrected chi connectivity index (χ1v) is 10.4. The molecule has 1 unspecified atom stereocenters. The Morgan fingerprint density at radius 2 is 2.08 bits per heavy atom. The van der Waals surface area contributed by atoms with Crippen LogP contribution in [0.25, 0.3) is 0 Å². The van der Waals surface area contributed by atoms with Crippen LogP contribution in [0, 0.1) is 6.92 Å². The molecule has 26 heavy (non-hydrogen) atoms. The fraction of sp³-hybridized carbons (Fsp3) is 0.350. The van der Waals surface area contributed by atoms with Crippen LogP contribution >= 0.6 is 22.7 Å². The van der Waals surface area contributed by atoms with E-state index in [0.717, 1.165) is 40.7 Å². The van der Waals surface area contributed by atoms with E-state index in [4.69, 9.17) is 9.47 Å². The zero-order valence-corrected chi connectivity index (χ0v) is 17.0. The van der Waals surface area contributed by atoms with Gasteiger partial charge in [0.15, 0.2) is 11.5 Å². The summed E-state index contributed by atoms with van der Waals surface area (Å²) in [7, 11) is 1.68. The van der Waals surface area contributed by atoms with Crippen LogP contribution in [0.1, 0.15) is 40.5 Å². The number of benzene rings is 1. The predicted molar refractivity (Wildman–Crippen MR) is 108 cm³/mol. The molecule has 0 amide bonds. The van der Waals surface area contributed by atoms with E-state index in [2.05, 4.69) is 40.1 Å². The summed E-state index contributed by atoms with van der Waals surface area (Å²) in [6.07, 6.45) is 1.01. The van der Waals surface area contributed by atoms with Gasteiger partial charge in [-0.3, -0.25) is 0 Å². The van der Waals surface area contributed by atoms with E-state index in [1.807, 2.05) is 25.1 Å². The van der Waals surface area contributed by atoms with Gasteiger partial charge in [0.2, 0.25) is 0 Å². The molecule has 3 aromatic rings. The molecule has 0 spiro atoms. The molecule has 2 aromatic heterocycles. The molecule has 0 fully saturated rings. The first-order valence-electron chi connectivity index (χ1n) is 8.67. The fourth-order valence-electron chi connectivity index (χ4n) is 2.66. The average Bonchev–Trinajstić information content (AvgIpc) is 3.33. The maximum atomic E-state index is 5.90. The molecule has 138 valence electrons. The van der Waals surface area contributed by atoms with E-state index in [1.165, 1.54) is 4.88 Å². The molecule has 0 radical (unpaired) electrons. The highest BCUT2D eigenvalue weighted by Crippen LogP contribution is 2.30. The maximum Gasteiger partial charge on any atom is 0.161 e. The molecule has 1 atom stereocenters. The molecular formula is C20H24N2O2S2. The lowest BCUT2D eigenvalue weighted by molar-refractivity contribution is 0.287. The van der Waals surface area contributed by atoms with E-state index >= 15 is 0 Å². The highest BCUT2D eigenvalue weighted by molar-refractivity contribution is 7.10. The number of aromatic nitrogens is 1. The van der Waals surface area contributed by atoms with Crippen LogP contribution in [0.2, 0.25) is 0 Å². The molecule has 1 aromatic carbocycles. The van der Waals surface area contributed by atoms with Crippen molar-refractivity contribution in [3.63, 3.8) is 0 Å². The minimum absolute atomic E-state index is 0.273. The highest BCUT2D eigenvalue weighted by Gasteiger charge is 2.13. The monoisotopic (exact) mass is 388 g/mol. The Labute approximate surface area is 162 Å². The third-order valence-electron chi connectivity index (χ3n) is 4.07. The number of nitrogens with zero attached hydrogens (tertiary/aromatic N) is 1. The van der Waals surface area contributed by atoms with Gasteiger partial charge in [0, 0.05) is 22.5 Å². The van der Waals surface area contributed by atoms with Crippen LogP contribution in [0.4, 0.5) is 0 Å². The molecule has 0 aliphatic carbocycles. The quantitative estimate of drug-likeness (QED) is 0.537. The summed E-state index contributed by atoms with van der Waals surface area (Å²) in [4.78, 5) is 5.80. The zero-order chi connectivity index (χ0) is 18.4. The summed E-state index contributed by atoms with van der Waals surface area (Å²) in [5.74, 6) is 1.53. The van der Waals surface area contributed by atoms with Crippen molar-refractivity contribution in [2.75, 3.05) is 7.11 Å². The number of rotatable bonds is 9. The lowest BCUT2D eigenvalue weighted by Crippen LogP contribution is -2.20. The van der Waals surface area contributed by atoms with Gasteiger partial charge in [0.05, 0.1) is 13.2 Å². The van der Waals surface area contributed by atoms with Gasteiger partial charge < -0.3 is 14.8 Å². The summed E-state index contributed by atoms with van der Waals surface area (Å²) >= 11 is 3.41. The highest BCUT2D eigenvalue weighted by atomic mass is 32.1. The number of nitrogens with one attached hydrogen (secondary N) is 1. The first kappa shape index (κ1) is 18.9. The van der Waals surface area contributed by atoms with Crippen molar-refractivity contribution in [2.24, 2.45) is 0 Å². The van der Waals surface area contributed by atoms with Crippen molar-refractivity contribution in [2.45, 2.75) is 39.5 Å². The number of thiophene rings is 1. The summed E-state index contributed by atoms with van der Waals surface area (Å²) in [5.41, 5.74) is 2.25. The predicted octanol–water partition coefficient (Wildman–Crippen LogP) is 5.34. The van der Waals surface area contributed by atoms with Crippen molar-refractivity contribution in [1.82, 2.24) is 10.3 Å². The molecule has 0 bridgehead atoms. The Kier molecular flexibility index (Phi) is 6.66. The van der Waals surface area contributed by atoms with Gasteiger partial charge in [0.1, 0.15) is 11.6 Å².